The molecule has 0 bridgehead atoms. The van der Waals surface area contributed by atoms with Crippen LogP contribution in [0.5, 0.6) is 0 Å². The Morgan fingerprint density at radius 2 is 1.70 bits per heavy atom. The van der Waals surface area contributed by atoms with Crippen molar-refractivity contribution in [1.29, 1.82) is 0 Å². The minimum atomic E-state index is -0.362. The third-order valence-corrected chi connectivity index (χ3v) is 5.33. The first-order valence-corrected chi connectivity index (χ1v) is 9.78. The van der Waals surface area contributed by atoms with Crippen LogP contribution < -0.4 is 16.1 Å². The zero-order chi connectivity index (χ0) is 19.2. The molecule has 0 amide bonds. The summed E-state index contributed by atoms with van der Waals surface area (Å²) in [5.74, 6) is 0. The van der Waals surface area contributed by atoms with Crippen LogP contribution in [0.15, 0.2) is 40.1 Å². The second-order valence-corrected chi connectivity index (χ2v) is 7.07. The van der Waals surface area contributed by atoms with Crippen LogP contribution in [0.3, 0.4) is 0 Å². The summed E-state index contributed by atoms with van der Waals surface area (Å²) in [6.07, 6.45) is 4.16. The van der Waals surface area contributed by atoms with Gasteiger partial charge in [-0.2, -0.15) is 5.10 Å². The van der Waals surface area contributed by atoms with Crippen LogP contribution in [0.2, 0.25) is 0 Å². The van der Waals surface area contributed by atoms with Gasteiger partial charge in [-0.3, -0.25) is 14.3 Å². The molecule has 1 aromatic heterocycles. The quantitative estimate of drug-likeness (QED) is 0.682. The van der Waals surface area contributed by atoms with E-state index in [0.29, 0.717) is 6.54 Å². The summed E-state index contributed by atoms with van der Waals surface area (Å²) in [7, 11) is 1.49. The van der Waals surface area contributed by atoms with Gasteiger partial charge >= 0.3 is 5.69 Å². The minimum Gasteiger partial charge on any atom is -0.369 e. The number of piperazine rings is 1. The topological polar surface area (TPSA) is 63.4 Å². The molecule has 0 unspecified atom stereocenters. The zero-order valence-electron chi connectivity index (χ0n) is 16.3. The first-order valence-electron chi connectivity index (χ1n) is 9.78. The summed E-state index contributed by atoms with van der Waals surface area (Å²) < 4.78 is 2.47. The van der Waals surface area contributed by atoms with E-state index in [9.17, 15) is 9.59 Å². The number of aromatic nitrogens is 3. The molecule has 2 aromatic rings. The van der Waals surface area contributed by atoms with E-state index in [-0.39, 0.29) is 11.2 Å². The Morgan fingerprint density at radius 3 is 2.44 bits per heavy atom. The van der Waals surface area contributed by atoms with Crippen molar-refractivity contribution in [2.45, 2.75) is 32.7 Å². The van der Waals surface area contributed by atoms with Crippen LogP contribution in [0.4, 0.5) is 5.69 Å². The summed E-state index contributed by atoms with van der Waals surface area (Å²) in [6, 6.07) is 8.68. The Kier molecular flexibility index (Phi) is 6.45. The highest BCUT2D eigenvalue weighted by molar-refractivity contribution is 5.54. The van der Waals surface area contributed by atoms with Gasteiger partial charge in [0.2, 0.25) is 0 Å². The third kappa shape index (κ3) is 4.66. The standard InChI is InChI=1S/C20H29N5O2/c1-3-17-8-4-5-9-18(17)24-14-12-23(13-15-24)10-6-7-11-25-20(27)22(2)19(26)16-21-25/h4-5,8-9,16H,3,6-7,10-15H2,1-2H3. The van der Waals surface area contributed by atoms with Gasteiger partial charge < -0.3 is 4.90 Å². The van der Waals surface area contributed by atoms with E-state index in [2.05, 4.69) is 46.1 Å². The van der Waals surface area contributed by atoms with Crippen molar-refractivity contribution < 1.29 is 0 Å². The van der Waals surface area contributed by atoms with Crippen molar-refractivity contribution in [3.8, 4) is 0 Å². The molecule has 1 fully saturated rings. The number of unbranched alkanes of at least 4 members (excludes halogenated alkanes) is 1. The van der Waals surface area contributed by atoms with Gasteiger partial charge in [0.25, 0.3) is 5.56 Å². The summed E-state index contributed by atoms with van der Waals surface area (Å²) >= 11 is 0. The van der Waals surface area contributed by atoms with Crippen molar-refractivity contribution in [2.75, 3.05) is 37.6 Å². The minimum absolute atomic E-state index is 0.342. The highest BCUT2D eigenvalue weighted by Crippen LogP contribution is 2.22. The van der Waals surface area contributed by atoms with Gasteiger partial charge in [-0.25, -0.2) is 9.48 Å². The lowest BCUT2D eigenvalue weighted by molar-refractivity contribution is 0.250. The lowest BCUT2D eigenvalue weighted by atomic mass is 10.1. The van der Waals surface area contributed by atoms with Crippen molar-refractivity contribution >= 4 is 5.69 Å². The Balaban J connectivity index is 1.43. The van der Waals surface area contributed by atoms with Crippen LogP contribution in [0, 0.1) is 0 Å². The summed E-state index contributed by atoms with van der Waals surface area (Å²) in [5, 5.41) is 3.93. The number of hydrogen-bond acceptors (Lipinski definition) is 5. The fourth-order valence-corrected chi connectivity index (χ4v) is 3.60. The molecule has 0 atom stereocenters. The normalized spacial score (nSPS) is 15.3. The van der Waals surface area contributed by atoms with Gasteiger partial charge in [0.1, 0.15) is 6.20 Å². The van der Waals surface area contributed by atoms with Gasteiger partial charge in [-0.05, 0) is 37.4 Å². The summed E-state index contributed by atoms with van der Waals surface area (Å²) in [6.45, 7) is 8.03. The molecule has 7 heteroatoms. The van der Waals surface area contributed by atoms with Gasteiger partial charge in [-0.15, -0.1) is 0 Å². The molecule has 0 saturated carbocycles. The summed E-state index contributed by atoms with van der Waals surface area (Å²) in [5.41, 5.74) is 2.09. The molecular formula is C20H29N5O2. The number of benzene rings is 1. The monoisotopic (exact) mass is 371 g/mol. The number of nitrogens with zero attached hydrogens (tertiary/aromatic N) is 5. The molecule has 1 saturated heterocycles. The Morgan fingerprint density at radius 1 is 1.00 bits per heavy atom. The first kappa shape index (κ1) is 19.4. The second kappa shape index (κ2) is 8.99. The number of anilines is 1. The van der Waals surface area contributed by atoms with E-state index in [4.69, 9.17) is 0 Å². The lowest BCUT2D eigenvalue weighted by Gasteiger charge is -2.37. The van der Waals surface area contributed by atoms with Gasteiger partial charge in [0, 0.05) is 45.5 Å². The Hall–Kier alpha value is -2.41. The average Bonchev–Trinajstić information content (AvgIpc) is 2.71. The van der Waals surface area contributed by atoms with Gasteiger partial charge in [0.05, 0.1) is 0 Å². The number of rotatable bonds is 7. The van der Waals surface area contributed by atoms with E-state index >= 15 is 0 Å². The average molecular weight is 371 g/mol. The smallest absolute Gasteiger partial charge is 0.347 e. The third-order valence-electron chi connectivity index (χ3n) is 5.33. The molecule has 27 heavy (non-hydrogen) atoms. The predicted octanol–water partition coefficient (Wildman–Crippen LogP) is 1.11. The largest absolute Gasteiger partial charge is 0.369 e. The molecule has 0 aliphatic carbocycles. The van der Waals surface area contributed by atoms with Crippen molar-refractivity contribution in [1.82, 2.24) is 19.2 Å². The predicted molar refractivity (Wildman–Crippen MR) is 107 cm³/mol. The summed E-state index contributed by atoms with van der Waals surface area (Å²) in [4.78, 5) is 28.3. The first-order chi connectivity index (χ1) is 13.1. The lowest BCUT2D eigenvalue weighted by Crippen LogP contribution is -2.47. The highest BCUT2D eigenvalue weighted by Gasteiger charge is 2.18. The fourth-order valence-electron chi connectivity index (χ4n) is 3.60. The van der Waals surface area contributed by atoms with Crippen LogP contribution in [0.1, 0.15) is 25.3 Å². The molecule has 0 N–H and O–H groups in total. The molecule has 1 aliphatic rings. The van der Waals surface area contributed by atoms with E-state index < -0.39 is 0 Å². The van der Waals surface area contributed by atoms with E-state index in [0.717, 1.165) is 56.6 Å². The maximum Gasteiger partial charge on any atom is 0.347 e. The maximum atomic E-state index is 12.0. The van der Waals surface area contributed by atoms with Crippen LogP contribution >= 0.6 is 0 Å². The maximum absolute atomic E-state index is 12.0. The molecule has 2 heterocycles. The van der Waals surface area contributed by atoms with Crippen molar-refractivity contribution in [3.63, 3.8) is 0 Å². The zero-order valence-corrected chi connectivity index (χ0v) is 16.3. The highest BCUT2D eigenvalue weighted by atomic mass is 16.2. The van der Waals surface area contributed by atoms with Crippen molar-refractivity contribution in [2.24, 2.45) is 7.05 Å². The molecule has 3 rings (SSSR count). The van der Waals surface area contributed by atoms with Crippen LogP contribution in [-0.2, 0) is 20.0 Å². The van der Waals surface area contributed by atoms with E-state index in [1.807, 2.05) is 0 Å². The van der Waals surface area contributed by atoms with Crippen LogP contribution in [0.25, 0.3) is 0 Å². The Labute approximate surface area is 159 Å². The Bertz CT molecular complexity index is 865. The van der Waals surface area contributed by atoms with E-state index in [1.54, 1.807) is 0 Å². The molecule has 1 aliphatic heterocycles. The molecular weight excluding hydrogens is 342 g/mol. The number of aryl methyl sites for hydroxylation is 2. The number of para-hydroxylation sites is 1. The van der Waals surface area contributed by atoms with Crippen molar-refractivity contribution in [3.05, 3.63) is 56.9 Å². The second-order valence-electron chi connectivity index (χ2n) is 7.07. The molecule has 0 spiro atoms. The SMILES string of the molecule is CCc1ccccc1N1CCN(CCCCn2ncc(=O)n(C)c2=O)CC1. The molecule has 0 radical (unpaired) electrons. The van der Waals surface area contributed by atoms with Gasteiger partial charge in [0.15, 0.2) is 0 Å². The molecule has 146 valence electrons. The van der Waals surface area contributed by atoms with Crippen LogP contribution in [-0.4, -0.2) is 52.0 Å². The fraction of sp³-hybridized carbons (Fsp3) is 0.550. The number of hydrogen-bond donors (Lipinski definition) is 0. The van der Waals surface area contributed by atoms with Gasteiger partial charge in [-0.1, -0.05) is 25.1 Å². The molecule has 7 nitrogen and oxygen atoms in total. The molecule has 1 aromatic carbocycles. The van der Waals surface area contributed by atoms with E-state index in [1.165, 1.54) is 29.2 Å².